The van der Waals surface area contributed by atoms with Gasteiger partial charge in [0, 0.05) is 0 Å². The average Bonchev–Trinajstić information content (AvgIpc) is 2.48. The van der Waals surface area contributed by atoms with Crippen molar-refractivity contribution in [1.29, 1.82) is 0 Å². The van der Waals surface area contributed by atoms with Crippen molar-refractivity contribution in [2.24, 2.45) is 0 Å². The van der Waals surface area contributed by atoms with Crippen LogP contribution in [0.5, 0.6) is 0 Å². The van der Waals surface area contributed by atoms with Crippen LogP contribution in [-0.2, 0) is 10.3 Å². The molecule has 3 nitrogen and oxygen atoms in total. The van der Waals surface area contributed by atoms with Gasteiger partial charge in [0.25, 0.3) is 0 Å². The number of nitrogens with one attached hydrogen (secondary N) is 1. The first kappa shape index (κ1) is 14.1. The molecule has 0 aliphatic carbocycles. The fraction of sp³-hybridized carbons (Fsp3) is 0.235. The van der Waals surface area contributed by atoms with E-state index in [0.717, 1.165) is 16.7 Å². The van der Waals surface area contributed by atoms with Gasteiger partial charge >= 0.3 is 6.09 Å². The lowest BCUT2D eigenvalue weighted by molar-refractivity contribution is 0.159. The van der Waals surface area contributed by atoms with E-state index in [1.165, 1.54) is 7.11 Å². The summed E-state index contributed by atoms with van der Waals surface area (Å²) >= 11 is 0. The monoisotopic (exact) mass is 269 g/mol. The molecule has 2 rings (SSSR count). The largest absolute Gasteiger partial charge is 0.453 e. The summed E-state index contributed by atoms with van der Waals surface area (Å²) in [5, 5.41) is 2.84. The Morgan fingerprint density at radius 2 is 1.65 bits per heavy atom. The van der Waals surface area contributed by atoms with E-state index in [2.05, 4.69) is 34.3 Å². The SMILES string of the molecule is COC(=O)NC(C)(C)c1cccc(-c2ccccc2)c1. The van der Waals surface area contributed by atoms with Crippen molar-refractivity contribution in [3.05, 3.63) is 60.2 Å². The summed E-state index contributed by atoms with van der Waals surface area (Å²) in [6, 6.07) is 18.3. The lowest BCUT2D eigenvalue weighted by atomic mass is 9.91. The number of hydrogen-bond acceptors (Lipinski definition) is 2. The Morgan fingerprint density at radius 3 is 2.30 bits per heavy atom. The van der Waals surface area contributed by atoms with E-state index in [1.54, 1.807) is 0 Å². The topological polar surface area (TPSA) is 38.3 Å². The Bertz CT molecular complexity index is 591. The molecule has 0 saturated carbocycles. The normalized spacial score (nSPS) is 10.9. The smallest absolute Gasteiger partial charge is 0.407 e. The summed E-state index contributed by atoms with van der Waals surface area (Å²) in [5.74, 6) is 0. The molecule has 1 N–H and O–H groups in total. The van der Waals surface area contributed by atoms with Crippen LogP contribution >= 0.6 is 0 Å². The molecule has 0 bridgehead atoms. The Labute approximate surface area is 119 Å². The minimum atomic E-state index is -0.488. The fourth-order valence-electron chi connectivity index (χ4n) is 2.10. The molecule has 0 saturated heterocycles. The zero-order valence-electron chi connectivity index (χ0n) is 12.0. The molecule has 0 atom stereocenters. The second kappa shape index (κ2) is 5.78. The Hall–Kier alpha value is -2.29. The van der Waals surface area contributed by atoms with E-state index in [9.17, 15) is 4.79 Å². The molecule has 20 heavy (non-hydrogen) atoms. The standard InChI is InChI=1S/C17H19NO2/c1-17(2,18-16(19)20-3)15-11-7-10-14(12-15)13-8-5-4-6-9-13/h4-12H,1-3H3,(H,18,19). The number of methoxy groups -OCH3 is 1. The van der Waals surface area contributed by atoms with Gasteiger partial charge in [0.05, 0.1) is 12.6 Å². The molecule has 0 unspecified atom stereocenters. The highest BCUT2D eigenvalue weighted by Gasteiger charge is 2.23. The number of rotatable bonds is 3. The number of ether oxygens (including phenoxy) is 1. The maximum absolute atomic E-state index is 11.4. The predicted molar refractivity (Wildman–Crippen MR) is 80.4 cm³/mol. The highest BCUT2D eigenvalue weighted by molar-refractivity contribution is 5.69. The molecule has 3 heteroatoms. The van der Waals surface area contributed by atoms with Gasteiger partial charge in [-0.3, -0.25) is 0 Å². The summed E-state index contributed by atoms with van der Waals surface area (Å²) in [4.78, 5) is 11.4. The maximum Gasteiger partial charge on any atom is 0.407 e. The van der Waals surface area contributed by atoms with E-state index >= 15 is 0 Å². The third-order valence-corrected chi connectivity index (χ3v) is 3.29. The van der Waals surface area contributed by atoms with Gasteiger partial charge in [-0.25, -0.2) is 4.79 Å². The van der Waals surface area contributed by atoms with E-state index in [4.69, 9.17) is 0 Å². The first-order valence-corrected chi connectivity index (χ1v) is 6.55. The molecule has 1 amide bonds. The lowest BCUT2D eigenvalue weighted by Crippen LogP contribution is -2.40. The van der Waals surface area contributed by atoms with Crippen molar-refractivity contribution in [3.8, 4) is 11.1 Å². The number of alkyl carbamates (subject to hydrolysis) is 1. The van der Waals surface area contributed by atoms with Crippen molar-refractivity contribution < 1.29 is 9.53 Å². The van der Waals surface area contributed by atoms with Crippen LogP contribution in [0.1, 0.15) is 19.4 Å². The Morgan fingerprint density at radius 1 is 1.00 bits per heavy atom. The minimum absolute atomic E-state index is 0.430. The third kappa shape index (κ3) is 3.18. The van der Waals surface area contributed by atoms with Crippen molar-refractivity contribution in [2.45, 2.75) is 19.4 Å². The second-order valence-corrected chi connectivity index (χ2v) is 5.19. The second-order valence-electron chi connectivity index (χ2n) is 5.19. The van der Waals surface area contributed by atoms with Crippen LogP contribution in [0.4, 0.5) is 4.79 Å². The highest BCUT2D eigenvalue weighted by Crippen LogP contribution is 2.26. The summed E-state index contributed by atoms with van der Waals surface area (Å²) in [5.41, 5.74) is 2.83. The molecule has 0 heterocycles. The van der Waals surface area contributed by atoms with Gasteiger partial charge in [-0.15, -0.1) is 0 Å². The molecule has 0 aliphatic heterocycles. The van der Waals surface area contributed by atoms with Gasteiger partial charge in [0.2, 0.25) is 0 Å². The third-order valence-electron chi connectivity index (χ3n) is 3.29. The molecule has 0 spiro atoms. The van der Waals surface area contributed by atoms with Gasteiger partial charge in [-0.2, -0.15) is 0 Å². The molecule has 2 aromatic carbocycles. The number of hydrogen-bond donors (Lipinski definition) is 1. The number of carbonyl (C=O) groups excluding carboxylic acids is 1. The molecular formula is C17H19NO2. The van der Waals surface area contributed by atoms with E-state index in [0.29, 0.717) is 0 Å². The Kier molecular flexibility index (Phi) is 4.08. The fourth-order valence-corrected chi connectivity index (χ4v) is 2.10. The van der Waals surface area contributed by atoms with Gasteiger partial charge in [-0.1, -0.05) is 48.5 Å². The van der Waals surface area contributed by atoms with E-state index < -0.39 is 11.6 Å². The van der Waals surface area contributed by atoms with Crippen LogP contribution < -0.4 is 5.32 Å². The number of carbonyl (C=O) groups is 1. The lowest BCUT2D eigenvalue weighted by Gasteiger charge is -2.26. The minimum Gasteiger partial charge on any atom is -0.453 e. The van der Waals surface area contributed by atoms with E-state index in [1.807, 2.05) is 44.2 Å². The molecular weight excluding hydrogens is 250 g/mol. The van der Waals surface area contributed by atoms with Crippen LogP contribution in [0.15, 0.2) is 54.6 Å². The van der Waals surface area contributed by atoms with Crippen molar-refractivity contribution in [1.82, 2.24) is 5.32 Å². The van der Waals surface area contributed by atoms with Crippen LogP contribution in [0.2, 0.25) is 0 Å². The quantitative estimate of drug-likeness (QED) is 0.916. The van der Waals surface area contributed by atoms with Gasteiger partial charge in [0.15, 0.2) is 0 Å². The maximum atomic E-state index is 11.4. The molecule has 0 aromatic heterocycles. The number of amides is 1. The summed E-state index contributed by atoms with van der Waals surface area (Å²) in [6.45, 7) is 3.90. The Balaban J connectivity index is 2.32. The van der Waals surface area contributed by atoms with Gasteiger partial charge in [-0.05, 0) is 36.6 Å². The molecule has 104 valence electrons. The molecule has 2 aromatic rings. The van der Waals surface area contributed by atoms with Crippen LogP contribution in [0.25, 0.3) is 11.1 Å². The van der Waals surface area contributed by atoms with Gasteiger partial charge in [0.1, 0.15) is 0 Å². The molecule has 0 radical (unpaired) electrons. The van der Waals surface area contributed by atoms with Crippen molar-refractivity contribution in [3.63, 3.8) is 0 Å². The predicted octanol–water partition coefficient (Wildman–Crippen LogP) is 3.94. The first-order chi connectivity index (χ1) is 9.53. The number of benzene rings is 2. The zero-order chi connectivity index (χ0) is 14.6. The van der Waals surface area contributed by atoms with Crippen molar-refractivity contribution >= 4 is 6.09 Å². The highest BCUT2D eigenvalue weighted by atomic mass is 16.5. The van der Waals surface area contributed by atoms with Gasteiger partial charge < -0.3 is 10.1 Å². The molecule has 0 fully saturated rings. The van der Waals surface area contributed by atoms with E-state index in [-0.39, 0.29) is 0 Å². The summed E-state index contributed by atoms with van der Waals surface area (Å²) < 4.78 is 4.67. The zero-order valence-corrected chi connectivity index (χ0v) is 12.0. The van der Waals surface area contributed by atoms with Crippen LogP contribution in [0.3, 0.4) is 0 Å². The van der Waals surface area contributed by atoms with Crippen LogP contribution in [-0.4, -0.2) is 13.2 Å². The van der Waals surface area contributed by atoms with Crippen LogP contribution in [0, 0.1) is 0 Å². The first-order valence-electron chi connectivity index (χ1n) is 6.55. The summed E-state index contributed by atoms with van der Waals surface area (Å²) in [6.07, 6.45) is -0.430. The average molecular weight is 269 g/mol. The molecule has 0 aliphatic rings. The van der Waals surface area contributed by atoms with Crippen molar-refractivity contribution in [2.75, 3.05) is 7.11 Å². The summed E-state index contributed by atoms with van der Waals surface area (Å²) in [7, 11) is 1.37.